The molecule has 1 amide bonds. The number of hydrogen-bond donors (Lipinski definition) is 3. The Hall–Kier alpha value is -2.41. The van der Waals surface area contributed by atoms with Crippen molar-refractivity contribution >= 4 is 28.4 Å². The van der Waals surface area contributed by atoms with Crippen molar-refractivity contribution in [2.45, 2.75) is 32.1 Å². The second-order valence-corrected chi connectivity index (χ2v) is 7.16. The van der Waals surface area contributed by atoms with E-state index < -0.39 is 5.91 Å². The first-order valence-corrected chi connectivity index (χ1v) is 8.92. The van der Waals surface area contributed by atoms with Crippen LogP contribution in [-0.2, 0) is 4.79 Å². The molecule has 4 rings (SSSR count). The monoisotopic (exact) mass is 341 g/mol. The van der Waals surface area contributed by atoms with E-state index in [2.05, 4.69) is 15.4 Å². The van der Waals surface area contributed by atoms with Gasteiger partial charge in [0, 0.05) is 43.2 Å². The van der Waals surface area contributed by atoms with E-state index in [1.807, 2.05) is 11.1 Å². The van der Waals surface area contributed by atoms with Gasteiger partial charge in [-0.1, -0.05) is 0 Å². The van der Waals surface area contributed by atoms with E-state index in [-0.39, 0.29) is 5.92 Å². The number of hydrogen-bond acceptors (Lipinski definition) is 5. The van der Waals surface area contributed by atoms with Gasteiger partial charge in [0.2, 0.25) is 0 Å². The van der Waals surface area contributed by atoms with Crippen LogP contribution in [0.2, 0.25) is 0 Å². The summed E-state index contributed by atoms with van der Waals surface area (Å²) in [7, 11) is 0. The molecular weight excluding hydrogens is 318 g/mol. The van der Waals surface area contributed by atoms with Gasteiger partial charge < -0.3 is 16.1 Å². The lowest BCUT2D eigenvalue weighted by atomic mass is 9.92. The van der Waals surface area contributed by atoms with Crippen LogP contribution in [0.5, 0.6) is 0 Å². The second kappa shape index (κ2) is 6.48. The Morgan fingerprint density at radius 3 is 2.96 bits per heavy atom. The van der Waals surface area contributed by atoms with Gasteiger partial charge in [0.05, 0.1) is 11.3 Å². The Morgan fingerprint density at radius 2 is 2.20 bits per heavy atom. The number of aromatic nitrogens is 2. The van der Waals surface area contributed by atoms with Crippen molar-refractivity contribution in [2.75, 3.05) is 18.5 Å². The molecule has 1 atom stereocenters. The van der Waals surface area contributed by atoms with Crippen LogP contribution in [0.15, 0.2) is 18.5 Å². The Morgan fingerprint density at radius 1 is 1.36 bits per heavy atom. The van der Waals surface area contributed by atoms with E-state index >= 15 is 0 Å². The molecule has 2 aromatic rings. The lowest BCUT2D eigenvalue weighted by Gasteiger charge is -2.33. The molecule has 0 radical (unpaired) electrons. The number of carbonyl (C=O) groups is 2. The number of fused-ring (bicyclic) bond motifs is 1. The van der Waals surface area contributed by atoms with E-state index in [0.29, 0.717) is 35.1 Å². The van der Waals surface area contributed by atoms with E-state index in [9.17, 15) is 9.59 Å². The van der Waals surface area contributed by atoms with E-state index in [1.165, 1.54) is 19.0 Å². The predicted octanol–water partition coefficient (Wildman–Crippen LogP) is 2.07. The third kappa shape index (κ3) is 3.37. The van der Waals surface area contributed by atoms with Crippen LogP contribution in [-0.4, -0.2) is 39.8 Å². The summed E-state index contributed by atoms with van der Waals surface area (Å²) in [4.78, 5) is 31.5. The number of nitrogens with two attached hydrogens (primary N) is 1. The fraction of sp³-hybridized carbons (Fsp3) is 0.500. The summed E-state index contributed by atoms with van der Waals surface area (Å²) in [5.41, 5.74) is 10.6. The zero-order valence-electron chi connectivity index (χ0n) is 14.1. The van der Waals surface area contributed by atoms with Crippen LogP contribution in [0.1, 0.15) is 42.5 Å². The van der Waals surface area contributed by atoms with Gasteiger partial charge in [-0.15, -0.1) is 0 Å². The number of hydrazine groups is 1. The summed E-state index contributed by atoms with van der Waals surface area (Å²) in [5.74, 6) is 0.557. The maximum Gasteiger partial charge on any atom is 0.252 e. The highest BCUT2D eigenvalue weighted by Gasteiger charge is 2.31. The molecule has 1 aliphatic heterocycles. The quantitative estimate of drug-likeness (QED) is 0.746. The lowest BCUT2D eigenvalue weighted by molar-refractivity contribution is -0.124. The molecule has 7 nitrogen and oxygen atoms in total. The van der Waals surface area contributed by atoms with Gasteiger partial charge in [0.15, 0.2) is 0 Å². The molecule has 2 fully saturated rings. The van der Waals surface area contributed by atoms with Crippen molar-refractivity contribution in [1.29, 1.82) is 0 Å². The molecule has 0 bridgehead atoms. The van der Waals surface area contributed by atoms with Crippen LogP contribution >= 0.6 is 0 Å². The number of carbonyl (C=O) groups excluding carboxylic acids is 2. The Kier molecular flexibility index (Phi) is 4.17. The average Bonchev–Trinajstić information content (AvgIpc) is 3.28. The molecule has 0 unspecified atom stereocenters. The zero-order valence-corrected chi connectivity index (χ0v) is 14.1. The summed E-state index contributed by atoms with van der Waals surface area (Å²) >= 11 is 0. The number of Topliss-reactive ketones (excluding diaryl/α,β-unsaturated/α-hetero) is 1. The van der Waals surface area contributed by atoms with Crippen LogP contribution in [0, 0.1) is 11.8 Å². The largest absolute Gasteiger partial charge is 0.365 e. The topological polar surface area (TPSA) is 104 Å². The molecule has 2 aliphatic rings. The molecule has 25 heavy (non-hydrogen) atoms. The van der Waals surface area contributed by atoms with Crippen LogP contribution in [0.4, 0.5) is 5.69 Å². The molecule has 132 valence electrons. The molecule has 0 aromatic carbocycles. The third-order valence-electron chi connectivity index (χ3n) is 5.19. The summed E-state index contributed by atoms with van der Waals surface area (Å²) in [6.45, 7) is 1.50. The van der Waals surface area contributed by atoms with E-state index in [1.54, 1.807) is 6.20 Å². The van der Waals surface area contributed by atoms with Gasteiger partial charge >= 0.3 is 0 Å². The number of aromatic amines is 1. The first kappa shape index (κ1) is 16.1. The molecule has 0 spiro atoms. The number of primary amides is 1. The van der Waals surface area contributed by atoms with Crippen molar-refractivity contribution in [3.8, 4) is 0 Å². The van der Waals surface area contributed by atoms with Crippen molar-refractivity contribution < 1.29 is 9.59 Å². The van der Waals surface area contributed by atoms with E-state index in [0.717, 1.165) is 31.2 Å². The third-order valence-corrected chi connectivity index (χ3v) is 5.19. The fourth-order valence-electron chi connectivity index (χ4n) is 3.59. The summed E-state index contributed by atoms with van der Waals surface area (Å²) < 4.78 is 0. The zero-order chi connectivity index (χ0) is 17.4. The van der Waals surface area contributed by atoms with Gasteiger partial charge in [0.25, 0.3) is 5.91 Å². The minimum absolute atomic E-state index is 0.0717. The molecule has 7 heteroatoms. The number of ketones is 1. The van der Waals surface area contributed by atoms with Gasteiger partial charge in [-0.25, -0.2) is 9.99 Å². The number of piperidine rings is 1. The highest BCUT2D eigenvalue weighted by Crippen LogP contribution is 2.35. The normalized spacial score (nSPS) is 21.4. The standard InChI is InChI=1S/C18H23N5O2/c19-17(25)14-9-21-18-13(5-6-20-18)16(14)22-23-7-1-2-12(10-23)15(24)8-11-3-4-11/h5-6,9,11-12H,1-4,7-8,10H2,(H2,19,25)(H2,20,21,22)/t12-/m0/s1. The fourth-order valence-corrected chi connectivity index (χ4v) is 3.59. The molecule has 1 aliphatic carbocycles. The van der Waals surface area contributed by atoms with Gasteiger partial charge in [-0.2, -0.15) is 0 Å². The number of rotatable bonds is 6. The summed E-state index contributed by atoms with van der Waals surface area (Å²) in [6, 6.07) is 1.87. The summed E-state index contributed by atoms with van der Waals surface area (Å²) in [6.07, 6.45) is 8.30. The van der Waals surface area contributed by atoms with Crippen molar-refractivity contribution in [3.63, 3.8) is 0 Å². The van der Waals surface area contributed by atoms with Crippen LogP contribution in [0.25, 0.3) is 11.0 Å². The van der Waals surface area contributed by atoms with Gasteiger partial charge in [0.1, 0.15) is 11.4 Å². The predicted molar refractivity (Wildman–Crippen MR) is 94.9 cm³/mol. The molecule has 1 saturated carbocycles. The minimum atomic E-state index is -0.517. The number of nitrogens with zero attached hydrogens (tertiary/aromatic N) is 2. The molecule has 1 saturated heterocycles. The summed E-state index contributed by atoms with van der Waals surface area (Å²) in [5, 5.41) is 2.86. The van der Waals surface area contributed by atoms with Crippen molar-refractivity contribution in [1.82, 2.24) is 15.0 Å². The maximum absolute atomic E-state index is 12.4. The molecular formula is C18H23N5O2. The highest BCUT2D eigenvalue weighted by molar-refractivity contribution is 6.05. The van der Waals surface area contributed by atoms with Gasteiger partial charge in [-0.05, 0) is 37.7 Å². The average molecular weight is 341 g/mol. The van der Waals surface area contributed by atoms with Crippen molar-refractivity contribution in [3.05, 3.63) is 24.0 Å². The first-order valence-electron chi connectivity index (χ1n) is 8.92. The van der Waals surface area contributed by atoms with Crippen molar-refractivity contribution in [2.24, 2.45) is 17.6 Å². The van der Waals surface area contributed by atoms with Crippen LogP contribution < -0.4 is 11.2 Å². The van der Waals surface area contributed by atoms with Gasteiger partial charge in [-0.3, -0.25) is 9.59 Å². The minimum Gasteiger partial charge on any atom is -0.365 e. The van der Waals surface area contributed by atoms with Crippen LogP contribution in [0.3, 0.4) is 0 Å². The Bertz CT molecular complexity index is 811. The number of anilines is 1. The number of amides is 1. The molecule has 4 N–H and O–H groups in total. The number of pyridine rings is 1. The Balaban J connectivity index is 1.53. The molecule has 2 aromatic heterocycles. The molecule has 3 heterocycles. The number of nitrogens with one attached hydrogen (secondary N) is 2. The second-order valence-electron chi connectivity index (χ2n) is 7.16. The lowest BCUT2D eigenvalue weighted by Crippen LogP contribution is -2.42. The smallest absolute Gasteiger partial charge is 0.252 e. The van der Waals surface area contributed by atoms with E-state index in [4.69, 9.17) is 5.73 Å². The first-order chi connectivity index (χ1) is 12.1. The maximum atomic E-state index is 12.4. The highest BCUT2D eigenvalue weighted by atomic mass is 16.1. The Labute approximate surface area is 145 Å². The SMILES string of the molecule is NC(=O)c1cnc2[nH]ccc2c1NN1CCC[C@H](C(=O)CC2CC2)C1. The number of H-pyrrole nitrogens is 1.